The van der Waals surface area contributed by atoms with Crippen molar-refractivity contribution in [2.45, 2.75) is 328 Å². The zero-order valence-electron chi connectivity index (χ0n) is 49.9. The van der Waals surface area contributed by atoms with Crippen molar-refractivity contribution in [3.8, 4) is 0 Å². The highest BCUT2D eigenvalue weighted by atomic mass is 31.2. The molecule has 5 atom stereocenters. The van der Waals surface area contributed by atoms with E-state index in [2.05, 4.69) is 20.8 Å². The summed E-state index contributed by atoms with van der Waals surface area (Å²) in [6.07, 6.45) is 45.8. The maximum absolute atomic E-state index is 12.9. The minimum Gasteiger partial charge on any atom is -0.462 e. The molecule has 464 valence electrons. The van der Waals surface area contributed by atoms with Gasteiger partial charge in [-0.2, -0.15) is 0 Å². The lowest BCUT2D eigenvalue weighted by atomic mass is 10.0. The van der Waals surface area contributed by atoms with Gasteiger partial charge in [0.2, 0.25) is 0 Å². The molecule has 0 spiro atoms. The zero-order chi connectivity index (χ0) is 57.5. The molecule has 0 aromatic heterocycles. The van der Waals surface area contributed by atoms with Gasteiger partial charge in [0, 0.05) is 19.3 Å². The largest absolute Gasteiger partial charge is 0.472 e. The van der Waals surface area contributed by atoms with E-state index in [9.17, 15) is 43.5 Å². The van der Waals surface area contributed by atoms with Crippen molar-refractivity contribution in [2.24, 2.45) is 0 Å². The Kier molecular flexibility index (Phi) is 55.0. The van der Waals surface area contributed by atoms with Gasteiger partial charge in [0.25, 0.3) is 0 Å². The van der Waals surface area contributed by atoms with Crippen molar-refractivity contribution in [3.63, 3.8) is 0 Å². The first-order valence-corrected chi connectivity index (χ1v) is 34.8. The van der Waals surface area contributed by atoms with E-state index in [1.54, 1.807) is 0 Å². The lowest BCUT2D eigenvalue weighted by Gasteiger charge is -2.21. The number of hydrogen-bond acceptors (Lipinski definition) is 14. The van der Waals surface area contributed by atoms with E-state index in [0.717, 1.165) is 57.8 Å². The van der Waals surface area contributed by atoms with E-state index in [1.165, 1.54) is 193 Å². The number of rotatable bonds is 62. The topological polar surface area (TPSA) is 231 Å². The van der Waals surface area contributed by atoms with Crippen molar-refractivity contribution in [3.05, 3.63) is 0 Å². The molecule has 4 N–H and O–H groups in total. The van der Waals surface area contributed by atoms with Gasteiger partial charge in [-0.05, 0) is 19.3 Å². The second-order valence-electron chi connectivity index (χ2n) is 21.9. The normalized spacial score (nSPS) is 14.4. The molecule has 0 saturated heterocycles. The Hall–Kier alpha value is -1.45. The van der Waals surface area contributed by atoms with Crippen LogP contribution < -0.4 is 0 Å². The highest BCUT2D eigenvalue weighted by Gasteiger charge is 2.30. The van der Waals surface area contributed by atoms with Crippen LogP contribution in [0.2, 0.25) is 0 Å². The van der Waals surface area contributed by atoms with Gasteiger partial charge in [-0.25, -0.2) is 9.13 Å². The number of ether oxygens (including phenoxy) is 3. The number of carbonyl (C=O) groups is 3. The lowest BCUT2D eigenvalue weighted by Crippen LogP contribution is -2.30. The molecule has 18 heteroatoms. The van der Waals surface area contributed by atoms with Crippen LogP contribution in [0.1, 0.15) is 310 Å². The van der Waals surface area contributed by atoms with Gasteiger partial charge in [-0.1, -0.05) is 271 Å². The highest BCUT2D eigenvalue weighted by Crippen LogP contribution is 2.45. The molecule has 0 amide bonds. The average Bonchev–Trinajstić information content (AvgIpc) is 3.42. The number of phosphoric ester groups is 2. The van der Waals surface area contributed by atoms with Crippen LogP contribution in [0.15, 0.2) is 0 Å². The minimum atomic E-state index is -4.91. The molecule has 0 saturated carbocycles. The summed E-state index contributed by atoms with van der Waals surface area (Å²) in [4.78, 5) is 58.5. The van der Waals surface area contributed by atoms with Gasteiger partial charge in [0.1, 0.15) is 18.8 Å². The fourth-order valence-electron chi connectivity index (χ4n) is 9.22. The first-order valence-electron chi connectivity index (χ1n) is 31.8. The van der Waals surface area contributed by atoms with E-state index >= 15 is 0 Å². The lowest BCUT2D eigenvalue weighted by molar-refractivity contribution is -0.161. The molecular weight excluding hydrogens is 1040 g/mol. The SMILES string of the molecule is CCCCCCCCCCCCCCCCCC(=O)O[C@H](CO)COP(=O)(O)OC[C@H](O)COP(=O)(O)OC[C@@H](COC(=O)CCCCCCCCCCCCCC)OC(=O)CCCCCCCCCCCCCCCCC. The second kappa shape index (κ2) is 56.1. The third-order valence-electron chi connectivity index (χ3n) is 14.1. The molecule has 0 heterocycles. The molecule has 0 radical (unpaired) electrons. The predicted octanol–water partition coefficient (Wildman–Crippen LogP) is 16.6. The highest BCUT2D eigenvalue weighted by molar-refractivity contribution is 7.47. The van der Waals surface area contributed by atoms with Crippen LogP contribution in [0.25, 0.3) is 0 Å². The zero-order valence-corrected chi connectivity index (χ0v) is 51.7. The Balaban J connectivity index is 4.71. The summed E-state index contributed by atoms with van der Waals surface area (Å²) in [5.41, 5.74) is 0. The van der Waals surface area contributed by atoms with E-state index in [0.29, 0.717) is 19.3 Å². The van der Waals surface area contributed by atoms with Crippen molar-refractivity contribution in [2.75, 3.05) is 39.6 Å². The molecule has 0 aliphatic carbocycles. The van der Waals surface area contributed by atoms with Crippen LogP contribution in [0.5, 0.6) is 0 Å². The third-order valence-corrected chi connectivity index (χ3v) is 16.0. The Morgan fingerprint density at radius 1 is 0.333 bits per heavy atom. The summed E-state index contributed by atoms with van der Waals surface area (Å²) < 4.78 is 61.2. The molecule has 16 nitrogen and oxygen atoms in total. The number of aliphatic hydroxyl groups is 2. The molecule has 0 aromatic rings. The van der Waals surface area contributed by atoms with Gasteiger partial charge in [-0.3, -0.25) is 32.5 Å². The maximum Gasteiger partial charge on any atom is 0.472 e. The van der Waals surface area contributed by atoms with Crippen LogP contribution in [-0.2, 0) is 55.8 Å². The average molecular weight is 1160 g/mol. The summed E-state index contributed by atoms with van der Waals surface area (Å²) in [6, 6.07) is 0. The van der Waals surface area contributed by atoms with Gasteiger partial charge in [0.15, 0.2) is 6.10 Å². The number of aliphatic hydroxyl groups excluding tert-OH is 2. The Labute approximate surface area is 475 Å². The molecule has 0 aromatic carbocycles. The second-order valence-corrected chi connectivity index (χ2v) is 24.8. The summed E-state index contributed by atoms with van der Waals surface area (Å²) in [5.74, 6) is -1.62. The van der Waals surface area contributed by atoms with Gasteiger partial charge in [-0.15, -0.1) is 0 Å². The molecule has 2 unspecified atom stereocenters. The van der Waals surface area contributed by atoms with E-state index in [4.69, 9.17) is 32.3 Å². The fraction of sp³-hybridized carbons (Fsp3) is 0.950. The number of unbranched alkanes of at least 4 members (excludes halogenated alkanes) is 39. The molecular formula is C60H118O16P2. The number of esters is 3. The third kappa shape index (κ3) is 55.1. The number of hydrogen-bond donors (Lipinski definition) is 4. The summed E-state index contributed by atoms with van der Waals surface area (Å²) in [7, 11) is -9.75. The minimum absolute atomic E-state index is 0.116. The Morgan fingerprint density at radius 3 is 0.846 bits per heavy atom. The van der Waals surface area contributed by atoms with Crippen LogP contribution in [0.4, 0.5) is 0 Å². The van der Waals surface area contributed by atoms with Crippen molar-refractivity contribution in [1.82, 2.24) is 0 Å². The number of phosphoric acid groups is 2. The molecule has 0 aliphatic heterocycles. The van der Waals surface area contributed by atoms with Gasteiger partial charge in [0.05, 0.1) is 33.0 Å². The van der Waals surface area contributed by atoms with Crippen molar-refractivity contribution < 1.29 is 75.8 Å². The van der Waals surface area contributed by atoms with Crippen LogP contribution >= 0.6 is 15.6 Å². The van der Waals surface area contributed by atoms with Crippen molar-refractivity contribution in [1.29, 1.82) is 0 Å². The maximum atomic E-state index is 12.9. The number of carbonyl (C=O) groups excluding carboxylic acids is 3. The molecule has 0 rings (SSSR count). The summed E-state index contributed by atoms with van der Waals surface area (Å²) >= 11 is 0. The van der Waals surface area contributed by atoms with E-state index in [-0.39, 0.29) is 19.3 Å². The first kappa shape index (κ1) is 76.5. The quantitative estimate of drug-likeness (QED) is 0.0192. The van der Waals surface area contributed by atoms with Gasteiger partial charge >= 0.3 is 33.6 Å². The van der Waals surface area contributed by atoms with E-state index in [1.807, 2.05) is 0 Å². The predicted molar refractivity (Wildman–Crippen MR) is 312 cm³/mol. The monoisotopic (exact) mass is 1160 g/mol. The van der Waals surface area contributed by atoms with Crippen LogP contribution in [0.3, 0.4) is 0 Å². The smallest absolute Gasteiger partial charge is 0.462 e. The van der Waals surface area contributed by atoms with E-state index < -0.39 is 91.5 Å². The fourth-order valence-corrected chi connectivity index (χ4v) is 10.8. The molecule has 0 bridgehead atoms. The Morgan fingerprint density at radius 2 is 0.564 bits per heavy atom. The molecule has 0 fully saturated rings. The molecule has 0 aliphatic rings. The summed E-state index contributed by atoms with van der Waals surface area (Å²) in [6.45, 7) is 2.56. The van der Waals surface area contributed by atoms with Gasteiger partial charge < -0.3 is 34.2 Å². The van der Waals surface area contributed by atoms with Crippen LogP contribution in [0, 0.1) is 0 Å². The van der Waals surface area contributed by atoms with Crippen LogP contribution in [-0.4, -0.2) is 95.9 Å². The Bertz CT molecular complexity index is 1460. The first-order chi connectivity index (χ1) is 37.8. The standard InChI is InChI=1S/C60H118O16P2/c1-4-7-10-13-16-19-22-25-27-29-32-35-38-41-44-47-59(64)75-56(49-61)53-73-77(66,67)71-50-55(62)51-72-78(68,69)74-54-57(52-70-58(63)46-43-40-37-34-31-24-21-18-15-12-9-6-3)76-60(65)48-45-42-39-36-33-30-28-26-23-20-17-14-11-8-5-2/h55-57,61-62H,4-54H2,1-3H3,(H,66,67)(H,68,69)/t55-,56+,57+/m0/s1. The summed E-state index contributed by atoms with van der Waals surface area (Å²) in [5, 5.41) is 20.0. The van der Waals surface area contributed by atoms with Crippen molar-refractivity contribution >= 4 is 33.6 Å². The molecule has 78 heavy (non-hydrogen) atoms.